The van der Waals surface area contributed by atoms with E-state index in [1.54, 1.807) is 0 Å². The molecule has 0 saturated carbocycles. The number of piperidine rings is 1. The van der Waals surface area contributed by atoms with E-state index in [2.05, 4.69) is 44.3 Å². The Morgan fingerprint density at radius 1 is 1.48 bits per heavy atom. The maximum atomic E-state index is 12.0. The van der Waals surface area contributed by atoms with Crippen LogP contribution in [0.25, 0.3) is 0 Å². The van der Waals surface area contributed by atoms with Crippen LogP contribution < -0.4 is 11.1 Å². The first-order valence-electron chi connectivity index (χ1n) is 7.13. The van der Waals surface area contributed by atoms with Gasteiger partial charge in [0.15, 0.2) is 0 Å². The number of nitrogens with two attached hydrogens (primary N) is 1. The number of nitrogens with zero attached hydrogens (tertiary/aromatic N) is 1. The Kier molecular flexibility index (Phi) is 8.26. The van der Waals surface area contributed by atoms with E-state index in [1.807, 2.05) is 6.07 Å². The summed E-state index contributed by atoms with van der Waals surface area (Å²) < 4.78 is 1.10. The Morgan fingerprint density at radius 3 is 3.00 bits per heavy atom. The number of rotatable bonds is 5. The molecule has 0 spiro atoms. The molecule has 1 aliphatic rings. The summed E-state index contributed by atoms with van der Waals surface area (Å²) >= 11 is 3.50. The highest BCUT2D eigenvalue weighted by molar-refractivity contribution is 9.10. The summed E-state index contributed by atoms with van der Waals surface area (Å²) in [6.45, 7) is 3.87. The maximum Gasteiger partial charge on any atom is 0.224 e. The number of hydrogen-bond donors (Lipinski definition) is 2. The second-order valence-corrected chi connectivity index (χ2v) is 6.20. The quantitative estimate of drug-likeness (QED) is 0.828. The Morgan fingerprint density at radius 2 is 2.29 bits per heavy atom. The van der Waals surface area contributed by atoms with E-state index in [0.717, 1.165) is 36.9 Å². The number of benzene rings is 1. The molecule has 1 fully saturated rings. The highest BCUT2D eigenvalue weighted by Crippen LogP contribution is 2.20. The minimum atomic E-state index is 0. The third-order valence-corrected chi connectivity index (χ3v) is 4.11. The van der Waals surface area contributed by atoms with Crippen molar-refractivity contribution in [1.29, 1.82) is 0 Å². The monoisotopic (exact) mass is 375 g/mol. The average molecular weight is 377 g/mol. The van der Waals surface area contributed by atoms with Gasteiger partial charge >= 0.3 is 0 Å². The van der Waals surface area contributed by atoms with Gasteiger partial charge in [-0.1, -0.05) is 28.1 Å². The highest BCUT2D eigenvalue weighted by Gasteiger charge is 2.25. The summed E-state index contributed by atoms with van der Waals surface area (Å²) in [4.78, 5) is 14.4. The predicted octanol–water partition coefficient (Wildman–Crippen LogP) is 2.16. The standard InChI is InChI=1S/C15H22BrN3O.ClH/c16-14-5-1-3-12(9-14)10-19-8-2-4-13(11-19)15(20)18-7-6-17;/h1,3,5,9,13H,2,4,6-8,10-11,17H2,(H,18,20);1H. The molecule has 0 aliphatic carbocycles. The largest absolute Gasteiger partial charge is 0.355 e. The molecular weight excluding hydrogens is 354 g/mol. The van der Waals surface area contributed by atoms with E-state index >= 15 is 0 Å². The molecule has 2 rings (SSSR count). The fourth-order valence-corrected chi connectivity index (χ4v) is 3.09. The maximum absolute atomic E-state index is 12.0. The van der Waals surface area contributed by atoms with Crippen LogP contribution in [0.1, 0.15) is 18.4 Å². The van der Waals surface area contributed by atoms with Crippen molar-refractivity contribution in [2.24, 2.45) is 11.7 Å². The molecule has 3 N–H and O–H groups in total. The Balaban J connectivity index is 0.00000220. The summed E-state index contributed by atoms with van der Waals surface area (Å²) in [6.07, 6.45) is 2.06. The topological polar surface area (TPSA) is 58.4 Å². The molecule has 0 radical (unpaired) electrons. The van der Waals surface area contributed by atoms with Crippen molar-refractivity contribution in [3.63, 3.8) is 0 Å². The van der Waals surface area contributed by atoms with Crippen LogP contribution in [0.2, 0.25) is 0 Å². The van der Waals surface area contributed by atoms with E-state index in [4.69, 9.17) is 5.73 Å². The first-order valence-corrected chi connectivity index (χ1v) is 7.93. The zero-order valence-corrected chi connectivity index (χ0v) is 14.5. The highest BCUT2D eigenvalue weighted by atomic mass is 79.9. The van der Waals surface area contributed by atoms with Crippen molar-refractivity contribution >= 4 is 34.2 Å². The lowest BCUT2D eigenvalue weighted by molar-refractivity contribution is -0.126. The molecule has 0 aromatic heterocycles. The number of carbonyl (C=O) groups is 1. The van der Waals surface area contributed by atoms with Crippen molar-refractivity contribution in [3.8, 4) is 0 Å². The van der Waals surface area contributed by atoms with Crippen LogP contribution in [0.5, 0.6) is 0 Å². The van der Waals surface area contributed by atoms with E-state index in [9.17, 15) is 4.79 Å². The molecule has 0 bridgehead atoms. The van der Waals surface area contributed by atoms with Crippen LogP contribution in [-0.2, 0) is 11.3 Å². The van der Waals surface area contributed by atoms with Crippen molar-refractivity contribution in [2.75, 3.05) is 26.2 Å². The van der Waals surface area contributed by atoms with Gasteiger partial charge in [0.25, 0.3) is 0 Å². The summed E-state index contributed by atoms with van der Waals surface area (Å²) in [7, 11) is 0. The van der Waals surface area contributed by atoms with Gasteiger partial charge in [-0.25, -0.2) is 0 Å². The Bertz CT molecular complexity index is 458. The molecule has 1 aliphatic heterocycles. The summed E-state index contributed by atoms with van der Waals surface area (Å²) in [5.41, 5.74) is 6.70. The van der Waals surface area contributed by atoms with Crippen LogP contribution in [0, 0.1) is 5.92 Å². The van der Waals surface area contributed by atoms with Crippen molar-refractivity contribution in [3.05, 3.63) is 34.3 Å². The van der Waals surface area contributed by atoms with E-state index in [-0.39, 0.29) is 24.2 Å². The predicted molar refractivity (Wildman–Crippen MR) is 91.5 cm³/mol. The number of halogens is 2. The van der Waals surface area contributed by atoms with Crippen LogP contribution in [0.3, 0.4) is 0 Å². The van der Waals surface area contributed by atoms with Gasteiger partial charge in [-0.05, 0) is 37.1 Å². The lowest BCUT2D eigenvalue weighted by Gasteiger charge is -2.32. The lowest BCUT2D eigenvalue weighted by atomic mass is 9.96. The molecular formula is C15H23BrClN3O. The molecule has 1 unspecified atom stereocenters. The third-order valence-electron chi connectivity index (χ3n) is 3.62. The first kappa shape index (κ1) is 18.4. The SMILES string of the molecule is Cl.NCCNC(=O)C1CCCN(Cc2cccc(Br)c2)C1. The van der Waals surface area contributed by atoms with E-state index in [1.165, 1.54) is 5.56 Å². The number of amides is 1. The van der Waals surface area contributed by atoms with Gasteiger partial charge in [0.05, 0.1) is 5.92 Å². The molecule has 118 valence electrons. The molecule has 6 heteroatoms. The van der Waals surface area contributed by atoms with Crippen molar-refractivity contribution < 1.29 is 4.79 Å². The minimum absolute atomic E-state index is 0. The lowest BCUT2D eigenvalue weighted by Crippen LogP contribution is -2.43. The molecule has 1 saturated heterocycles. The zero-order valence-electron chi connectivity index (χ0n) is 12.1. The molecule has 1 atom stereocenters. The van der Waals surface area contributed by atoms with Gasteiger partial charge in [-0.2, -0.15) is 0 Å². The number of carbonyl (C=O) groups excluding carboxylic acids is 1. The molecule has 1 aromatic carbocycles. The van der Waals surface area contributed by atoms with E-state index in [0.29, 0.717) is 13.1 Å². The molecule has 21 heavy (non-hydrogen) atoms. The molecule has 1 heterocycles. The smallest absolute Gasteiger partial charge is 0.224 e. The Hall–Kier alpha value is -0.620. The summed E-state index contributed by atoms with van der Waals surface area (Å²) in [6, 6.07) is 8.35. The molecule has 1 amide bonds. The van der Waals surface area contributed by atoms with Crippen LogP contribution >= 0.6 is 28.3 Å². The molecule has 4 nitrogen and oxygen atoms in total. The van der Waals surface area contributed by atoms with E-state index < -0.39 is 0 Å². The Labute approximate surface area is 141 Å². The van der Waals surface area contributed by atoms with Gasteiger partial charge in [-0.3, -0.25) is 9.69 Å². The second kappa shape index (κ2) is 9.41. The van der Waals surface area contributed by atoms with Gasteiger partial charge < -0.3 is 11.1 Å². The number of nitrogens with one attached hydrogen (secondary N) is 1. The van der Waals surface area contributed by atoms with Gasteiger partial charge in [-0.15, -0.1) is 12.4 Å². The van der Waals surface area contributed by atoms with Crippen LogP contribution in [0.15, 0.2) is 28.7 Å². The first-order chi connectivity index (χ1) is 9.69. The number of hydrogen-bond acceptors (Lipinski definition) is 3. The molecule has 1 aromatic rings. The third kappa shape index (κ3) is 5.94. The summed E-state index contributed by atoms with van der Waals surface area (Å²) in [5, 5.41) is 2.90. The fraction of sp³-hybridized carbons (Fsp3) is 0.533. The fourth-order valence-electron chi connectivity index (χ4n) is 2.65. The van der Waals surface area contributed by atoms with Crippen molar-refractivity contribution in [2.45, 2.75) is 19.4 Å². The number of likely N-dealkylation sites (tertiary alicyclic amines) is 1. The van der Waals surface area contributed by atoms with Gasteiger partial charge in [0.2, 0.25) is 5.91 Å². The summed E-state index contributed by atoms with van der Waals surface area (Å²) in [5.74, 6) is 0.247. The van der Waals surface area contributed by atoms with Crippen molar-refractivity contribution in [1.82, 2.24) is 10.2 Å². The zero-order chi connectivity index (χ0) is 14.4. The van der Waals surface area contributed by atoms with Gasteiger partial charge in [0.1, 0.15) is 0 Å². The van der Waals surface area contributed by atoms with Gasteiger partial charge in [0, 0.05) is 30.7 Å². The average Bonchev–Trinajstić information content (AvgIpc) is 2.45. The normalized spacial score (nSPS) is 18.9. The second-order valence-electron chi connectivity index (χ2n) is 5.28. The minimum Gasteiger partial charge on any atom is -0.355 e. The van der Waals surface area contributed by atoms with Crippen LogP contribution in [0.4, 0.5) is 0 Å². The van der Waals surface area contributed by atoms with Crippen LogP contribution in [-0.4, -0.2) is 37.0 Å².